The number of carbonyl (C=O) groups excluding carboxylic acids is 2. The lowest BCUT2D eigenvalue weighted by Crippen LogP contribution is -2.41. The standard InChI is InChI=1S/C17H20FNO6S/c1-11-10-15(17(21)24-11)25-16(20)12-6-8-19(9-7-12)26(22,23)14-4-2-13(18)3-5-14/h2-5,11-12,15H,6-10H2,1H3/t11-,15+/m1/s1. The Hall–Kier alpha value is -2.00. The maximum atomic E-state index is 13.0. The van der Waals surface area contributed by atoms with Crippen molar-refractivity contribution in [2.24, 2.45) is 5.92 Å². The van der Waals surface area contributed by atoms with E-state index in [9.17, 15) is 22.4 Å². The molecule has 0 aliphatic carbocycles. The van der Waals surface area contributed by atoms with E-state index in [1.54, 1.807) is 6.92 Å². The fourth-order valence-electron chi connectivity index (χ4n) is 3.14. The molecule has 3 rings (SSSR count). The molecule has 0 unspecified atom stereocenters. The van der Waals surface area contributed by atoms with Gasteiger partial charge in [0.25, 0.3) is 0 Å². The summed E-state index contributed by atoms with van der Waals surface area (Å²) in [5.41, 5.74) is 0. The predicted octanol–water partition coefficient (Wildman–Crippen LogP) is 1.47. The van der Waals surface area contributed by atoms with Gasteiger partial charge in [0.05, 0.1) is 10.8 Å². The molecule has 2 atom stereocenters. The van der Waals surface area contributed by atoms with Gasteiger partial charge in [-0.3, -0.25) is 4.79 Å². The third-order valence-electron chi connectivity index (χ3n) is 4.62. The summed E-state index contributed by atoms with van der Waals surface area (Å²) in [4.78, 5) is 23.8. The largest absolute Gasteiger partial charge is 0.460 e. The average molecular weight is 385 g/mol. The van der Waals surface area contributed by atoms with Crippen molar-refractivity contribution in [3.63, 3.8) is 0 Å². The summed E-state index contributed by atoms with van der Waals surface area (Å²) in [6, 6.07) is 4.63. The average Bonchev–Trinajstić information content (AvgIpc) is 2.92. The Bertz CT molecular complexity index is 786. The molecule has 2 fully saturated rings. The number of halogens is 1. The second-order valence-electron chi connectivity index (χ2n) is 6.54. The second-order valence-corrected chi connectivity index (χ2v) is 8.48. The molecule has 142 valence electrons. The van der Waals surface area contributed by atoms with Crippen LogP contribution < -0.4 is 0 Å². The summed E-state index contributed by atoms with van der Waals surface area (Å²) < 4.78 is 49.6. The van der Waals surface area contributed by atoms with Crippen LogP contribution in [0.5, 0.6) is 0 Å². The van der Waals surface area contributed by atoms with Crippen LogP contribution in [-0.4, -0.2) is 50.0 Å². The van der Waals surface area contributed by atoms with E-state index in [4.69, 9.17) is 9.47 Å². The molecule has 2 aliphatic heterocycles. The molecule has 2 aliphatic rings. The van der Waals surface area contributed by atoms with Crippen molar-refractivity contribution < 1.29 is 31.9 Å². The van der Waals surface area contributed by atoms with Crippen molar-refractivity contribution in [2.75, 3.05) is 13.1 Å². The van der Waals surface area contributed by atoms with E-state index in [2.05, 4.69) is 0 Å². The molecule has 0 saturated carbocycles. The molecule has 0 bridgehead atoms. The predicted molar refractivity (Wildman–Crippen MR) is 87.9 cm³/mol. The third-order valence-corrected chi connectivity index (χ3v) is 6.54. The number of esters is 2. The van der Waals surface area contributed by atoms with E-state index in [0.717, 1.165) is 12.1 Å². The maximum Gasteiger partial charge on any atom is 0.347 e. The first-order chi connectivity index (χ1) is 12.3. The van der Waals surface area contributed by atoms with Crippen molar-refractivity contribution in [3.05, 3.63) is 30.1 Å². The number of benzene rings is 1. The number of rotatable bonds is 4. The number of hydrogen-bond donors (Lipinski definition) is 0. The summed E-state index contributed by atoms with van der Waals surface area (Å²) in [5.74, 6) is -2.01. The SMILES string of the molecule is C[C@@H]1C[C@H](OC(=O)C2CCN(S(=O)(=O)c3ccc(F)cc3)CC2)C(=O)O1. The molecule has 0 radical (unpaired) electrons. The van der Waals surface area contributed by atoms with Crippen molar-refractivity contribution in [1.29, 1.82) is 0 Å². The first-order valence-electron chi connectivity index (χ1n) is 8.44. The lowest BCUT2D eigenvalue weighted by atomic mass is 9.98. The zero-order valence-corrected chi connectivity index (χ0v) is 15.1. The van der Waals surface area contributed by atoms with E-state index < -0.39 is 39.8 Å². The minimum Gasteiger partial charge on any atom is -0.460 e. The lowest BCUT2D eigenvalue weighted by Gasteiger charge is -2.30. The Balaban J connectivity index is 1.57. The number of piperidine rings is 1. The first-order valence-corrected chi connectivity index (χ1v) is 9.88. The van der Waals surface area contributed by atoms with Gasteiger partial charge in [-0.25, -0.2) is 17.6 Å². The van der Waals surface area contributed by atoms with Gasteiger partial charge in [-0.05, 0) is 44.0 Å². The molecule has 2 saturated heterocycles. The van der Waals surface area contributed by atoms with Gasteiger partial charge in [-0.2, -0.15) is 4.31 Å². The first kappa shape index (κ1) is 18.8. The molecule has 0 spiro atoms. The number of sulfonamides is 1. The summed E-state index contributed by atoms with van der Waals surface area (Å²) in [6.07, 6.45) is -0.211. The molecule has 0 N–H and O–H groups in total. The van der Waals surface area contributed by atoms with E-state index in [0.29, 0.717) is 19.3 Å². The highest BCUT2D eigenvalue weighted by molar-refractivity contribution is 7.89. The second kappa shape index (κ2) is 7.32. The monoisotopic (exact) mass is 385 g/mol. The summed E-state index contributed by atoms with van der Waals surface area (Å²) in [5, 5.41) is 0. The van der Waals surface area contributed by atoms with Crippen LogP contribution >= 0.6 is 0 Å². The zero-order valence-electron chi connectivity index (χ0n) is 14.3. The number of nitrogens with zero attached hydrogens (tertiary/aromatic N) is 1. The van der Waals surface area contributed by atoms with Crippen LogP contribution in [0.15, 0.2) is 29.2 Å². The van der Waals surface area contributed by atoms with Crippen molar-refractivity contribution in [1.82, 2.24) is 4.31 Å². The summed E-state index contributed by atoms with van der Waals surface area (Å²) in [6.45, 7) is 2.04. The van der Waals surface area contributed by atoms with Crippen LogP contribution in [0.4, 0.5) is 4.39 Å². The quantitative estimate of drug-likeness (QED) is 0.729. The van der Waals surface area contributed by atoms with Gasteiger partial charge in [-0.15, -0.1) is 0 Å². The number of cyclic esters (lactones) is 1. The summed E-state index contributed by atoms with van der Waals surface area (Å²) in [7, 11) is -3.73. The molecular formula is C17H20FNO6S. The molecule has 26 heavy (non-hydrogen) atoms. The highest BCUT2D eigenvalue weighted by Gasteiger charge is 2.38. The van der Waals surface area contributed by atoms with Crippen molar-refractivity contribution in [2.45, 2.75) is 43.3 Å². The highest BCUT2D eigenvalue weighted by atomic mass is 32.2. The fraction of sp³-hybridized carbons (Fsp3) is 0.529. The van der Waals surface area contributed by atoms with Gasteiger partial charge in [0, 0.05) is 19.5 Å². The minimum atomic E-state index is -3.73. The van der Waals surface area contributed by atoms with Crippen molar-refractivity contribution in [3.8, 4) is 0 Å². The molecule has 1 aromatic carbocycles. The van der Waals surface area contributed by atoms with Crippen LogP contribution in [0.3, 0.4) is 0 Å². The molecule has 0 aromatic heterocycles. The molecular weight excluding hydrogens is 365 g/mol. The smallest absolute Gasteiger partial charge is 0.347 e. The van der Waals surface area contributed by atoms with E-state index in [1.165, 1.54) is 16.4 Å². The molecule has 1 aromatic rings. The minimum absolute atomic E-state index is 0.0163. The third kappa shape index (κ3) is 3.88. The molecule has 7 nitrogen and oxygen atoms in total. The van der Waals surface area contributed by atoms with Gasteiger partial charge in [0.15, 0.2) is 0 Å². The lowest BCUT2D eigenvalue weighted by molar-refractivity contribution is -0.164. The van der Waals surface area contributed by atoms with Crippen LogP contribution in [0, 0.1) is 11.7 Å². The Morgan fingerprint density at radius 2 is 1.85 bits per heavy atom. The van der Waals surface area contributed by atoms with E-state index in [1.807, 2.05) is 0 Å². The van der Waals surface area contributed by atoms with Gasteiger partial charge in [0.2, 0.25) is 16.1 Å². The number of carbonyl (C=O) groups is 2. The number of hydrogen-bond acceptors (Lipinski definition) is 6. The Kier molecular flexibility index (Phi) is 5.29. The van der Waals surface area contributed by atoms with Gasteiger partial charge < -0.3 is 9.47 Å². The van der Waals surface area contributed by atoms with Crippen LogP contribution in [0.2, 0.25) is 0 Å². The van der Waals surface area contributed by atoms with E-state index >= 15 is 0 Å². The molecule has 2 heterocycles. The van der Waals surface area contributed by atoms with Gasteiger partial charge in [0.1, 0.15) is 11.9 Å². The normalized spacial score (nSPS) is 25.1. The summed E-state index contributed by atoms with van der Waals surface area (Å²) >= 11 is 0. The van der Waals surface area contributed by atoms with Gasteiger partial charge in [-0.1, -0.05) is 0 Å². The van der Waals surface area contributed by atoms with Crippen LogP contribution in [-0.2, 0) is 29.1 Å². The fourth-order valence-corrected chi connectivity index (χ4v) is 4.61. The number of ether oxygens (including phenoxy) is 2. The molecule has 9 heteroatoms. The van der Waals surface area contributed by atoms with Crippen molar-refractivity contribution >= 4 is 22.0 Å². The Labute approximate surface area is 151 Å². The van der Waals surface area contributed by atoms with Crippen LogP contribution in [0.1, 0.15) is 26.2 Å². The zero-order chi connectivity index (χ0) is 18.9. The van der Waals surface area contributed by atoms with Gasteiger partial charge >= 0.3 is 11.9 Å². The molecule has 0 amide bonds. The van der Waals surface area contributed by atoms with E-state index in [-0.39, 0.29) is 24.1 Å². The Morgan fingerprint density at radius 1 is 1.23 bits per heavy atom. The Morgan fingerprint density at radius 3 is 2.38 bits per heavy atom. The van der Waals surface area contributed by atoms with Crippen LogP contribution in [0.25, 0.3) is 0 Å². The maximum absolute atomic E-state index is 13.0. The topological polar surface area (TPSA) is 90.0 Å². The highest BCUT2D eigenvalue weighted by Crippen LogP contribution is 2.26.